The highest BCUT2D eigenvalue weighted by atomic mass is 35.5. The third-order valence-corrected chi connectivity index (χ3v) is 4.54. The zero-order valence-electron chi connectivity index (χ0n) is 17.1. The molecule has 3 rings (SSSR count). The molecular formula is C22H22ClF2N5O2. The number of benzene rings is 2. The first kappa shape index (κ1) is 24.8. The molecule has 4 N–H and O–H groups in total. The number of aromatic nitrogens is 2. The van der Waals surface area contributed by atoms with Crippen molar-refractivity contribution in [1.82, 2.24) is 15.3 Å². The van der Waals surface area contributed by atoms with Gasteiger partial charge in [0.15, 0.2) is 6.10 Å². The van der Waals surface area contributed by atoms with Gasteiger partial charge in [0.05, 0.1) is 5.56 Å². The van der Waals surface area contributed by atoms with Crippen LogP contribution < -0.4 is 11.1 Å². The van der Waals surface area contributed by atoms with E-state index in [1.54, 1.807) is 31.2 Å². The zero-order chi connectivity index (χ0) is 22.4. The van der Waals surface area contributed by atoms with Crippen LogP contribution in [0.2, 0.25) is 0 Å². The molecule has 0 fully saturated rings. The summed E-state index contributed by atoms with van der Waals surface area (Å²) < 4.78 is 35.1. The number of carbonyl (C=O) groups is 1. The van der Waals surface area contributed by atoms with Crippen LogP contribution in [0, 0.1) is 17.0 Å². The number of nitrogens with one attached hydrogen (secondary N) is 2. The molecule has 0 bridgehead atoms. The molecule has 0 aliphatic rings. The van der Waals surface area contributed by atoms with Gasteiger partial charge in [0, 0.05) is 36.7 Å². The second-order valence-corrected chi connectivity index (χ2v) is 6.64. The van der Waals surface area contributed by atoms with Crippen molar-refractivity contribution in [2.24, 2.45) is 5.73 Å². The van der Waals surface area contributed by atoms with Gasteiger partial charge in [-0.1, -0.05) is 24.3 Å². The molecular weight excluding hydrogens is 440 g/mol. The van der Waals surface area contributed by atoms with Gasteiger partial charge in [-0.25, -0.2) is 18.7 Å². The van der Waals surface area contributed by atoms with E-state index in [4.69, 9.17) is 15.9 Å². The summed E-state index contributed by atoms with van der Waals surface area (Å²) in [5.41, 5.74) is 6.93. The molecule has 7 nitrogen and oxygen atoms in total. The Kier molecular flexibility index (Phi) is 8.74. The Bertz CT molecular complexity index is 1060. The Morgan fingerprint density at radius 2 is 1.72 bits per heavy atom. The average molecular weight is 462 g/mol. The van der Waals surface area contributed by atoms with Gasteiger partial charge < -0.3 is 15.8 Å². The van der Waals surface area contributed by atoms with Gasteiger partial charge in [0.25, 0.3) is 5.91 Å². The molecule has 0 spiro atoms. The van der Waals surface area contributed by atoms with Crippen LogP contribution in [0.25, 0.3) is 11.1 Å². The van der Waals surface area contributed by atoms with Crippen LogP contribution in [0.3, 0.4) is 0 Å². The summed E-state index contributed by atoms with van der Waals surface area (Å²) >= 11 is 0. The van der Waals surface area contributed by atoms with Crippen molar-refractivity contribution in [3.63, 3.8) is 0 Å². The van der Waals surface area contributed by atoms with Crippen molar-refractivity contribution in [3.05, 3.63) is 83.4 Å². The Hall–Kier alpha value is -3.43. The van der Waals surface area contributed by atoms with Gasteiger partial charge in [-0.2, -0.15) is 0 Å². The van der Waals surface area contributed by atoms with E-state index in [1.165, 1.54) is 18.7 Å². The van der Waals surface area contributed by atoms with Gasteiger partial charge in [0.1, 0.15) is 23.8 Å². The molecule has 0 radical (unpaired) electrons. The normalized spacial score (nSPS) is 11.3. The largest absolute Gasteiger partial charge is 0.384 e. The van der Waals surface area contributed by atoms with Gasteiger partial charge in [0.2, 0.25) is 0 Å². The monoisotopic (exact) mass is 461 g/mol. The fourth-order valence-corrected chi connectivity index (χ4v) is 2.99. The van der Waals surface area contributed by atoms with Gasteiger partial charge in [-0.3, -0.25) is 10.2 Å². The van der Waals surface area contributed by atoms with Crippen LogP contribution in [0.1, 0.15) is 29.7 Å². The van der Waals surface area contributed by atoms with E-state index >= 15 is 0 Å². The number of amides is 1. The fourth-order valence-electron chi connectivity index (χ4n) is 2.99. The van der Waals surface area contributed by atoms with Crippen molar-refractivity contribution >= 4 is 24.1 Å². The fraction of sp³-hybridized carbons (Fsp3) is 0.182. The lowest BCUT2D eigenvalue weighted by molar-refractivity contribution is -0.133. The van der Waals surface area contributed by atoms with Crippen molar-refractivity contribution in [2.45, 2.75) is 19.6 Å². The molecule has 0 aliphatic carbocycles. The molecule has 3 aromatic rings. The topological polar surface area (TPSA) is 114 Å². The van der Waals surface area contributed by atoms with Crippen molar-refractivity contribution in [3.8, 4) is 11.1 Å². The predicted octanol–water partition coefficient (Wildman–Crippen LogP) is 3.52. The second kappa shape index (κ2) is 11.3. The number of nitrogens with two attached hydrogens (primary N) is 1. The minimum atomic E-state index is -1.46. The van der Waals surface area contributed by atoms with E-state index in [-0.39, 0.29) is 37.0 Å². The van der Waals surface area contributed by atoms with Gasteiger partial charge in [-0.05, 0) is 30.2 Å². The zero-order valence-corrected chi connectivity index (χ0v) is 18.0. The molecule has 0 saturated heterocycles. The second-order valence-electron chi connectivity index (χ2n) is 6.64. The molecule has 1 aromatic heterocycles. The molecule has 32 heavy (non-hydrogen) atoms. The predicted molar refractivity (Wildman–Crippen MR) is 118 cm³/mol. The number of ether oxygens (including phenoxy) is 1. The number of rotatable bonds is 8. The maximum absolute atomic E-state index is 14.8. The summed E-state index contributed by atoms with van der Waals surface area (Å²) in [5, 5.41) is 10.0. The quantitative estimate of drug-likeness (QED) is 0.351. The van der Waals surface area contributed by atoms with Crippen LogP contribution in [0.5, 0.6) is 0 Å². The lowest BCUT2D eigenvalue weighted by Gasteiger charge is -2.19. The number of hydrogen-bond acceptors (Lipinski definition) is 5. The Balaban J connectivity index is 0.00000363. The summed E-state index contributed by atoms with van der Waals surface area (Å²) in [4.78, 5) is 20.4. The molecule has 1 amide bonds. The Morgan fingerprint density at radius 1 is 1.12 bits per heavy atom. The summed E-state index contributed by atoms with van der Waals surface area (Å²) in [6.07, 6.45) is 2.73. The number of halogens is 3. The third-order valence-electron chi connectivity index (χ3n) is 4.54. The molecule has 2 aromatic carbocycles. The highest BCUT2D eigenvalue weighted by molar-refractivity contribution is 5.94. The van der Waals surface area contributed by atoms with Gasteiger partial charge >= 0.3 is 0 Å². The average Bonchev–Trinajstić information content (AvgIpc) is 2.77. The molecule has 10 heteroatoms. The first-order valence-electron chi connectivity index (χ1n) is 9.47. The summed E-state index contributed by atoms with van der Waals surface area (Å²) in [5.74, 6) is -2.55. The SMILES string of the molecule is CCO[C@H](C(=O)NCc1ccc(C(=N)N)cc1)c1c(F)cc(-c2cncnc2)cc1F.Cl. The van der Waals surface area contributed by atoms with E-state index in [0.717, 1.165) is 17.7 Å². The number of carbonyl (C=O) groups excluding carboxylic acids is 1. The lowest BCUT2D eigenvalue weighted by Crippen LogP contribution is -2.31. The summed E-state index contributed by atoms with van der Waals surface area (Å²) in [7, 11) is 0. The van der Waals surface area contributed by atoms with E-state index in [0.29, 0.717) is 11.1 Å². The Labute approximate surface area is 190 Å². The maximum Gasteiger partial charge on any atom is 0.254 e. The van der Waals surface area contributed by atoms with Crippen LogP contribution in [-0.2, 0) is 16.1 Å². The Morgan fingerprint density at radius 3 is 2.25 bits per heavy atom. The molecule has 0 aliphatic heterocycles. The summed E-state index contributed by atoms with van der Waals surface area (Å²) in [6.45, 7) is 1.83. The van der Waals surface area contributed by atoms with Crippen LogP contribution in [-0.4, -0.2) is 28.3 Å². The van der Waals surface area contributed by atoms with Crippen molar-refractivity contribution in [1.29, 1.82) is 5.41 Å². The van der Waals surface area contributed by atoms with E-state index in [9.17, 15) is 13.6 Å². The maximum atomic E-state index is 14.8. The lowest BCUT2D eigenvalue weighted by atomic mass is 10.0. The minimum absolute atomic E-state index is 0. The van der Waals surface area contributed by atoms with Crippen LogP contribution in [0.4, 0.5) is 8.78 Å². The first-order valence-corrected chi connectivity index (χ1v) is 9.47. The molecule has 0 unspecified atom stereocenters. The van der Waals surface area contributed by atoms with Crippen LogP contribution >= 0.6 is 12.4 Å². The van der Waals surface area contributed by atoms with Crippen LogP contribution in [0.15, 0.2) is 55.1 Å². The minimum Gasteiger partial charge on any atom is -0.384 e. The molecule has 1 heterocycles. The van der Waals surface area contributed by atoms with Gasteiger partial charge in [-0.15, -0.1) is 12.4 Å². The number of nitrogens with zero attached hydrogens (tertiary/aromatic N) is 2. The highest BCUT2D eigenvalue weighted by Gasteiger charge is 2.28. The third kappa shape index (κ3) is 5.83. The van der Waals surface area contributed by atoms with Crippen molar-refractivity contribution in [2.75, 3.05) is 6.61 Å². The van der Waals surface area contributed by atoms with E-state index in [2.05, 4.69) is 15.3 Å². The van der Waals surface area contributed by atoms with E-state index in [1.807, 2.05) is 0 Å². The molecule has 168 valence electrons. The summed E-state index contributed by atoms with van der Waals surface area (Å²) in [6, 6.07) is 8.94. The highest BCUT2D eigenvalue weighted by Crippen LogP contribution is 2.29. The molecule has 0 saturated carbocycles. The standard InChI is InChI=1S/C22H21F2N5O2.ClH/c1-2-31-20(22(30)29-9-13-3-5-14(6-4-13)21(25)26)19-17(23)7-15(8-18(19)24)16-10-27-12-28-11-16;/h3-8,10-12,20H,2,9H2,1H3,(H3,25,26)(H,29,30);1H/t20-;/m0./s1. The van der Waals surface area contributed by atoms with E-state index < -0.39 is 29.2 Å². The number of nitrogen functional groups attached to an aromatic ring is 1. The smallest absolute Gasteiger partial charge is 0.254 e. The number of amidine groups is 1. The number of hydrogen-bond donors (Lipinski definition) is 3. The molecule has 1 atom stereocenters. The first-order chi connectivity index (χ1) is 14.9. The van der Waals surface area contributed by atoms with Crippen molar-refractivity contribution < 1.29 is 18.3 Å².